The molecule has 1 rings (SSSR count). The van der Waals surface area contributed by atoms with Crippen molar-refractivity contribution in [1.82, 2.24) is 9.97 Å². The molecule has 1 heterocycles. The molecule has 15 heavy (non-hydrogen) atoms. The van der Waals surface area contributed by atoms with E-state index in [1.54, 1.807) is 0 Å². The topological polar surface area (TPSA) is 80.9 Å². The van der Waals surface area contributed by atoms with Crippen LogP contribution in [0.3, 0.4) is 0 Å². The molecule has 5 nitrogen and oxygen atoms in total. The second kappa shape index (κ2) is 4.93. The minimum absolute atomic E-state index is 0.0561. The number of nitrogens with one attached hydrogen (secondary N) is 1. The predicted molar refractivity (Wildman–Crippen MR) is 58.5 cm³/mol. The van der Waals surface area contributed by atoms with E-state index in [4.69, 9.17) is 17.3 Å². The molecule has 0 aliphatic rings. The largest absolute Gasteiger partial charge is 0.368 e. The first-order valence-corrected chi connectivity index (χ1v) is 4.92. The standard InChI is InChI=1S/C9H13ClN4O/c1-5(2)6(8(11)15)14-9-7(10)12-3-4-13-9/h3-6H,1-2H3,(H2,11,15)(H,13,14). The van der Waals surface area contributed by atoms with E-state index in [1.165, 1.54) is 12.4 Å². The smallest absolute Gasteiger partial charge is 0.240 e. The van der Waals surface area contributed by atoms with Crippen molar-refractivity contribution < 1.29 is 4.79 Å². The van der Waals surface area contributed by atoms with Gasteiger partial charge in [-0.3, -0.25) is 4.79 Å². The fourth-order valence-electron chi connectivity index (χ4n) is 1.13. The summed E-state index contributed by atoms with van der Waals surface area (Å²) in [7, 11) is 0. The normalized spacial score (nSPS) is 12.5. The average Bonchev–Trinajstić information content (AvgIpc) is 2.15. The highest BCUT2D eigenvalue weighted by atomic mass is 35.5. The Morgan fingerprint density at radius 2 is 2.07 bits per heavy atom. The lowest BCUT2D eigenvalue weighted by Crippen LogP contribution is -2.39. The number of aromatic nitrogens is 2. The molecule has 0 fully saturated rings. The van der Waals surface area contributed by atoms with Gasteiger partial charge in [-0.05, 0) is 5.92 Å². The van der Waals surface area contributed by atoms with Crippen LogP contribution in [-0.2, 0) is 4.79 Å². The molecule has 1 aromatic rings. The van der Waals surface area contributed by atoms with E-state index < -0.39 is 11.9 Å². The monoisotopic (exact) mass is 228 g/mol. The van der Waals surface area contributed by atoms with E-state index in [2.05, 4.69) is 15.3 Å². The van der Waals surface area contributed by atoms with Gasteiger partial charge in [-0.1, -0.05) is 25.4 Å². The van der Waals surface area contributed by atoms with E-state index in [0.29, 0.717) is 5.82 Å². The van der Waals surface area contributed by atoms with Gasteiger partial charge in [-0.15, -0.1) is 0 Å². The van der Waals surface area contributed by atoms with Crippen molar-refractivity contribution in [2.24, 2.45) is 11.7 Å². The summed E-state index contributed by atoms with van der Waals surface area (Å²) in [5, 5.41) is 3.09. The number of halogens is 1. The molecule has 3 N–H and O–H groups in total. The van der Waals surface area contributed by atoms with E-state index >= 15 is 0 Å². The molecule has 1 atom stereocenters. The lowest BCUT2D eigenvalue weighted by molar-refractivity contribution is -0.119. The molecule has 0 saturated carbocycles. The number of amides is 1. The van der Waals surface area contributed by atoms with Gasteiger partial charge in [-0.25, -0.2) is 9.97 Å². The van der Waals surface area contributed by atoms with Crippen molar-refractivity contribution in [2.45, 2.75) is 19.9 Å². The molecule has 6 heteroatoms. The molecule has 0 bridgehead atoms. The first-order chi connectivity index (χ1) is 7.02. The highest BCUT2D eigenvalue weighted by molar-refractivity contribution is 6.31. The van der Waals surface area contributed by atoms with Crippen LogP contribution in [0.4, 0.5) is 5.82 Å². The van der Waals surface area contributed by atoms with Gasteiger partial charge in [-0.2, -0.15) is 0 Å². The number of nitrogens with two attached hydrogens (primary N) is 1. The van der Waals surface area contributed by atoms with Crippen LogP contribution in [0.1, 0.15) is 13.8 Å². The predicted octanol–water partition coefficient (Wildman–Crippen LogP) is 1.05. The van der Waals surface area contributed by atoms with Gasteiger partial charge in [0, 0.05) is 12.4 Å². The van der Waals surface area contributed by atoms with Crippen LogP contribution in [0, 0.1) is 5.92 Å². The van der Waals surface area contributed by atoms with Gasteiger partial charge in [0.2, 0.25) is 5.91 Å². The Balaban J connectivity index is 2.84. The Bertz CT molecular complexity index is 356. The minimum atomic E-state index is -0.501. The molecule has 0 aliphatic carbocycles. The maximum Gasteiger partial charge on any atom is 0.240 e. The van der Waals surface area contributed by atoms with Gasteiger partial charge in [0.1, 0.15) is 6.04 Å². The number of anilines is 1. The maximum atomic E-state index is 11.1. The SMILES string of the molecule is CC(C)C(Nc1nccnc1Cl)C(N)=O. The van der Waals surface area contributed by atoms with Crippen molar-refractivity contribution in [3.63, 3.8) is 0 Å². The molecular formula is C9H13ClN4O. The Kier molecular flexibility index (Phi) is 3.85. The van der Waals surface area contributed by atoms with Gasteiger partial charge in [0.05, 0.1) is 0 Å². The lowest BCUT2D eigenvalue weighted by Gasteiger charge is -2.19. The third kappa shape index (κ3) is 3.06. The number of carbonyl (C=O) groups excluding carboxylic acids is 1. The van der Waals surface area contributed by atoms with Gasteiger partial charge in [0.25, 0.3) is 0 Å². The third-order valence-electron chi connectivity index (χ3n) is 1.92. The number of nitrogens with zero attached hydrogens (tertiary/aromatic N) is 2. The van der Waals surface area contributed by atoms with Crippen molar-refractivity contribution in [1.29, 1.82) is 0 Å². The van der Waals surface area contributed by atoms with Crippen molar-refractivity contribution in [2.75, 3.05) is 5.32 Å². The second-order valence-electron chi connectivity index (χ2n) is 3.46. The van der Waals surface area contributed by atoms with Crippen LogP contribution < -0.4 is 11.1 Å². The number of hydrogen-bond acceptors (Lipinski definition) is 4. The summed E-state index contributed by atoms with van der Waals surface area (Å²) in [5.74, 6) is -0.0102. The average molecular weight is 229 g/mol. The first-order valence-electron chi connectivity index (χ1n) is 4.54. The van der Waals surface area contributed by atoms with Crippen LogP contribution in [0.5, 0.6) is 0 Å². The Morgan fingerprint density at radius 3 is 2.53 bits per heavy atom. The Morgan fingerprint density at radius 1 is 1.47 bits per heavy atom. The second-order valence-corrected chi connectivity index (χ2v) is 3.82. The van der Waals surface area contributed by atoms with E-state index in [9.17, 15) is 4.79 Å². The maximum absolute atomic E-state index is 11.1. The summed E-state index contributed by atoms with van der Waals surface area (Å²) in [6.07, 6.45) is 2.97. The van der Waals surface area contributed by atoms with Crippen LogP contribution in [0.15, 0.2) is 12.4 Å². The molecule has 0 aliphatic heterocycles. The van der Waals surface area contributed by atoms with Gasteiger partial charge >= 0.3 is 0 Å². The quantitative estimate of drug-likeness (QED) is 0.807. The Labute approximate surface area is 93.0 Å². The summed E-state index contributed by atoms with van der Waals surface area (Å²) in [4.78, 5) is 18.9. The summed E-state index contributed by atoms with van der Waals surface area (Å²) in [6.45, 7) is 3.76. The minimum Gasteiger partial charge on any atom is -0.368 e. The molecular weight excluding hydrogens is 216 g/mol. The van der Waals surface area contributed by atoms with Crippen molar-refractivity contribution >= 4 is 23.3 Å². The molecule has 0 radical (unpaired) electrons. The molecule has 0 aromatic carbocycles. The zero-order valence-corrected chi connectivity index (χ0v) is 9.32. The van der Waals surface area contributed by atoms with Gasteiger partial charge < -0.3 is 11.1 Å². The van der Waals surface area contributed by atoms with Crippen LogP contribution in [0.2, 0.25) is 5.15 Å². The zero-order valence-electron chi connectivity index (χ0n) is 8.57. The third-order valence-corrected chi connectivity index (χ3v) is 2.20. The fraction of sp³-hybridized carbons (Fsp3) is 0.444. The first kappa shape index (κ1) is 11.7. The Hall–Kier alpha value is -1.36. The van der Waals surface area contributed by atoms with E-state index in [0.717, 1.165) is 0 Å². The van der Waals surface area contributed by atoms with E-state index in [-0.39, 0.29) is 11.1 Å². The molecule has 1 amide bonds. The van der Waals surface area contributed by atoms with Gasteiger partial charge in [0.15, 0.2) is 11.0 Å². The lowest BCUT2D eigenvalue weighted by atomic mass is 10.0. The van der Waals surface area contributed by atoms with Crippen LogP contribution >= 0.6 is 11.6 Å². The van der Waals surface area contributed by atoms with Crippen molar-refractivity contribution in [3.05, 3.63) is 17.5 Å². The molecule has 0 spiro atoms. The molecule has 0 saturated heterocycles. The summed E-state index contributed by atoms with van der Waals surface area (Å²) >= 11 is 5.79. The summed E-state index contributed by atoms with van der Waals surface area (Å²) in [6, 6.07) is -0.501. The number of primary amides is 1. The summed E-state index contributed by atoms with van der Waals surface area (Å²) < 4.78 is 0. The highest BCUT2D eigenvalue weighted by Gasteiger charge is 2.20. The van der Waals surface area contributed by atoms with Crippen molar-refractivity contribution in [3.8, 4) is 0 Å². The summed E-state index contributed by atoms with van der Waals surface area (Å²) in [5.41, 5.74) is 5.24. The number of rotatable bonds is 4. The van der Waals surface area contributed by atoms with Crippen LogP contribution in [-0.4, -0.2) is 21.9 Å². The highest BCUT2D eigenvalue weighted by Crippen LogP contribution is 2.17. The zero-order chi connectivity index (χ0) is 11.4. The molecule has 1 aromatic heterocycles. The molecule has 82 valence electrons. The number of hydrogen-bond donors (Lipinski definition) is 2. The fourth-order valence-corrected chi connectivity index (χ4v) is 1.29. The number of carbonyl (C=O) groups is 1. The van der Waals surface area contributed by atoms with E-state index in [1.807, 2.05) is 13.8 Å². The van der Waals surface area contributed by atoms with Crippen LogP contribution in [0.25, 0.3) is 0 Å². The molecule has 1 unspecified atom stereocenters.